The van der Waals surface area contributed by atoms with Crippen LogP contribution in [0.1, 0.15) is 26.5 Å². The minimum absolute atomic E-state index is 0.152. The van der Waals surface area contributed by atoms with Gasteiger partial charge in [-0.15, -0.1) is 0 Å². The number of carbonyl (C=O) groups is 2. The molecular formula is C13H10N2O4. The third-order valence-electron chi connectivity index (χ3n) is 2.29. The number of ether oxygens (including phenoxy) is 1. The maximum atomic E-state index is 11.8. The Bertz CT molecular complexity index is 623. The standard InChI is InChI=1S/C13H10N2O4/c1-8-2-4-9(5-3-8)19-13(18)11-7-14-6-10(15-11)12(16)17/h2-7H,1H3,(H,16,17). The summed E-state index contributed by atoms with van der Waals surface area (Å²) in [6, 6.07) is 6.87. The average molecular weight is 258 g/mol. The van der Waals surface area contributed by atoms with Gasteiger partial charge in [0.25, 0.3) is 0 Å². The molecule has 0 aliphatic carbocycles. The summed E-state index contributed by atoms with van der Waals surface area (Å²) in [5.41, 5.74) is 0.575. The number of benzene rings is 1. The highest BCUT2D eigenvalue weighted by Gasteiger charge is 2.14. The number of carbonyl (C=O) groups excluding carboxylic acids is 1. The van der Waals surface area contributed by atoms with E-state index in [-0.39, 0.29) is 11.4 Å². The number of nitrogens with zero attached hydrogens (tertiary/aromatic N) is 2. The van der Waals surface area contributed by atoms with Crippen LogP contribution < -0.4 is 4.74 Å². The van der Waals surface area contributed by atoms with Crippen molar-refractivity contribution >= 4 is 11.9 Å². The molecule has 2 aromatic rings. The number of carboxylic acid groups (broad SMARTS) is 1. The van der Waals surface area contributed by atoms with Crippen LogP contribution >= 0.6 is 0 Å². The fourth-order valence-corrected chi connectivity index (χ4v) is 1.33. The number of hydrogen-bond acceptors (Lipinski definition) is 5. The Balaban J connectivity index is 2.18. The second-order valence-electron chi connectivity index (χ2n) is 3.80. The Kier molecular flexibility index (Phi) is 3.51. The van der Waals surface area contributed by atoms with Gasteiger partial charge in [-0.2, -0.15) is 0 Å². The molecule has 0 aliphatic heterocycles. The first-order valence-corrected chi connectivity index (χ1v) is 5.40. The molecule has 19 heavy (non-hydrogen) atoms. The van der Waals surface area contributed by atoms with Crippen molar-refractivity contribution in [3.8, 4) is 5.75 Å². The first-order chi connectivity index (χ1) is 9.06. The molecule has 0 spiro atoms. The number of aromatic nitrogens is 2. The first-order valence-electron chi connectivity index (χ1n) is 5.40. The summed E-state index contributed by atoms with van der Waals surface area (Å²) in [5.74, 6) is -1.64. The fourth-order valence-electron chi connectivity index (χ4n) is 1.33. The van der Waals surface area contributed by atoms with Gasteiger partial charge in [-0.3, -0.25) is 4.98 Å². The second-order valence-corrected chi connectivity index (χ2v) is 3.80. The van der Waals surface area contributed by atoms with Gasteiger partial charge >= 0.3 is 11.9 Å². The number of aromatic carboxylic acids is 1. The van der Waals surface area contributed by atoms with Gasteiger partial charge in [0.1, 0.15) is 5.75 Å². The number of carboxylic acids is 1. The zero-order chi connectivity index (χ0) is 13.8. The molecule has 1 aromatic carbocycles. The summed E-state index contributed by atoms with van der Waals surface area (Å²) in [5, 5.41) is 8.76. The molecule has 0 aliphatic rings. The highest BCUT2D eigenvalue weighted by Crippen LogP contribution is 2.13. The molecule has 0 radical (unpaired) electrons. The van der Waals surface area contributed by atoms with Crippen molar-refractivity contribution < 1.29 is 19.4 Å². The molecule has 0 bridgehead atoms. The number of esters is 1. The van der Waals surface area contributed by atoms with Gasteiger partial charge in [-0.25, -0.2) is 14.6 Å². The summed E-state index contributed by atoms with van der Waals surface area (Å²) in [7, 11) is 0. The van der Waals surface area contributed by atoms with E-state index < -0.39 is 11.9 Å². The third kappa shape index (κ3) is 3.12. The lowest BCUT2D eigenvalue weighted by Gasteiger charge is -2.04. The smallest absolute Gasteiger partial charge is 0.363 e. The van der Waals surface area contributed by atoms with Gasteiger partial charge in [-0.1, -0.05) is 17.7 Å². The number of aryl methyl sites for hydroxylation is 1. The molecule has 6 heteroatoms. The SMILES string of the molecule is Cc1ccc(OC(=O)c2cncc(C(=O)O)n2)cc1. The normalized spacial score (nSPS) is 9.95. The monoisotopic (exact) mass is 258 g/mol. The maximum Gasteiger partial charge on any atom is 0.363 e. The van der Waals surface area contributed by atoms with Gasteiger partial charge in [0.2, 0.25) is 0 Å². The summed E-state index contributed by atoms with van der Waals surface area (Å²) in [6.07, 6.45) is 2.22. The molecule has 96 valence electrons. The molecule has 0 unspecified atom stereocenters. The molecule has 0 saturated carbocycles. The van der Waals surface area contributed by atoms with E-state index in [9.17, 15) is 9.59 Å². The van der Waals surface area contributed by atoms with E-state index in [1.54, 1.807) is 24.3 Å². The van der Waals surface area contributed by atoms with E-state index in [0.717, 1.165) is 18.0 Å². The van der Waals surface area contributed by atoms with Crippen molar-refractivity contribution in [3.63, 3.8) is 0 Å². The van der Waals surface area contributed by atoms with Crippen LogP contribution in [0.25, 0.3) is 0 Å². The number of hydrogen-bond donors (Lipinski definition) is 1. The molecule has 0 fully saturated rings. The lowest BCUT2D eigenvalue weighted by molar-refractivity contribution is 0.0689. The zero-order valence-electron chi connectivity index (χ0n) is 10.0. The van der Waals surface area contributed by atoms with Gasteiger partial charge in [0.15, 0.2) is 11.4 Å². The van der Waals surface area contributed by atoms with Crippen LogP contribution in [0.3, 0.4) is 0 Å². The molecule has 0 saturated heterocycles. The molecule has 6 nitrogen and oxygen atoms in total. The summed E-state index contributed by atoms with van der Waals surface area (Å²) in [6.45, 7) is 1.91. The summed E-state index contributed by atoms with van der Waals surface area (Å²) >= 11 is 0. The van der Waals surface area contributed by atoms with Crippen LogP contribution in [0.5, 0.6) is 5.75 Å². The Hall–Kier alpha value is -2.76. The largest absolute Gasteiger partial charge is 0.476 e. The van der Waals surface area contributed by atoms with Crippen molar-refractivity contribution in [1.29, 1.82) is 0 Å². The average Bonchev–Trinajstić information content (AvgIpc) is 2.41. The van der Waals surface area contributed by atoms with Gasteiger partial charge in [0, 0.05) is 0 Å². The van der Waals surface area contributed by atoms with Gasteiger partial charge < -0.3 is 9.84 Å². The van der Waals surface area contributed by atoms with Crippen LogP contribution in [0.15, 0.2) is 36.7 Å². The molecule has 2 rings (SSSR count). The van der Waals surface area contributed by atoms with E-state index in [1.165, 1.54) is 0 Å². The van der Waals surface area contributed by atoms with E-state index in [0.29, 0.717) is 5.75 Å². The Morgan fingerprint density at radius 2 is 1.74 bits per heavy atom. The van der Waals surface area contributed by atoms with Crippen molar-refractivity contribution in [1.82, 2.24) is 9.97 Å². The lowest BCUT2D eigenvalue weighted by Crippen LogP contribution is -2.13. The summed E-state index contributed by atoms with van der Waals surface area (Å²) < 4.78 is 5.06. The molecular weight excluding hydrogens is 248 g/mol. The Labute approximate surface area is 108 Å². The van der Waals surface area contributed by atoms with Crippen molar-refractivity contribution in [3.05, 3.63) is 53.6 Å². The highest BCUT2D eigenvalue weighted by atomic mass is 16.5. The van der Waals surface area contributed by atoms with Crippen molar-refractivity contribution in [2.45, 2.75) is 6.92 Å². The molecule has 0 amide bonds. The predicted molar refractivity (Wildman–Crippen MR) is 65.1 cm³/mol. The summed E-state index contributed by atoms with van der Waals surface area (Å²) in [4.78, 5) is 29.8. The van der Waals surface area contributed by atoms with E-state index in [1.807, 2.05) is 6.92 Å². The third-order valence-corrected chi connectivity index (χ3v) is 2.29. The predicted octanol–water partition coefficient (Wildman–Crippen LogP) is 1.70. The maximum absolute atomic E-state index is 11.8. The van der Waals surface area contributed by atoms with Crippen LogP contribution in [0.4, 0.5) is 0 Å². The quantitative estimate of drug-likeness (QED) is 0.665. The Morgan fingerprint density at radius 3 is 2.37 bits per heavy atom. The van der Waals surface area contributed by atoms with Crippen LogP contribution in [0.2, 0.25) is 0 Å². The van der Waals surface area contributed by atoms with Crippen LogP contribution in [-0.2, 0) is 0 Å². The minimum atomic E-state index is -1.25. The van der Waals surface area contributed by atoms with E-state index in [2.05, 4.69) is 9.97 Å². The topological polar surface area (TPSA) is 89.4 Å². The van der Waals surface area contributed by atoms with Gasteiger partial charge in [-0.05, 0) is 19.1 Å². The minimum Gasteiger partial charge on any atom is -0.476 e. The fraction of sp³-hybridized carbons (Fsp3) is 0.0769. The van der Waals surface area contributed by atoms with Crippen LogP contribution in [-0.4, -0.2) is 27.0 Å². The van der Waals surface area contributed by atoms with Crippen molar-refractivity contribution in [2.24, 2.45) is 0 Å². The van der Waals surface area contributed by atoms with Crippen LogP contribution in [0, 0.1) is 6.92 Å². The lowest BCUT2D eigenvalue weighted by atomic mass is 10.2. The number of rotatable bonds is 3. The molecule has 1 N–H and O–H groups in total. The Morgan fingerprint density at radius 1 is 1.11 bits per heavy atom. The molecule has 1 heterocycles. The highest BCUT2D eigenvalue weighted by molar-refractivity contribution is 5.91. The van der Waals surface area contributed by atoms with E-state index in [4.69, 9.17) is 9.84 Å². The van der Waals surface area contributed by atoms with E-state index >= 15 is 0 Å². The molecule has 0 atom stereocenters. The molecule has 1 aromatic heterocycles. The first kappa shape index (κ1) is 12.7. The second kappa shape index (κ2) is 5.26. The van der Waals surface area contributed by atoms with Gasteiger partial charge in [0.05, 0.1) is 12.4 Å². The zero-order valence-corrected chi connectivity index (χ0v) is 10.0. The van der Waals surface area contributed by atoms with Crippen molar-refractivity contribution in [2.75, 3.05) is 0 Å².